The molecule has 0 bridgehead atoms. The zero-order valence-corrected chi connectivity index (χ0v) is 30.0. The summed E-state index contributed by atoms with van der Waals surface area (Å²) in [7, 11) is 2.93. The molecule has 2 heterocycles. The molecule has 6 heteroatoms. The number of carbonyl (C=O) groups is 2. The van der Waals surface area contributed by atoms with Crippen LogP contribution in [0.1, 0.15) is 77.8 Å². The van der Waals surface area contributed by atoms with Crippen molar-refractivity contribution < 1.29 is 23.6 Å². The Labute approximate surface area is 290 Å². The molecule has 0 aliphatic carbocycles. The standard InChI is InChI=1S/C43H49N2O4/c1-8-16-35(41(47)49-7)45-34-27-25-30-18-10-12-20-32(30)40(34)43(4,5)37(45)22-15-21-36-42(2,3)39-31-19-11-9-17-29(31)24-26-33(39)44(36)28-14-13-23-38(46)48-6/h9-12,15,17-22,24-27,35H,8,13-14,16,23,28H2,1-7H3/q+1. The second-order valence-electron chi connectivity index (χ2n) is 14.3. The van der Waals surface area contributed by atoms with E-state index in [9.17, 15) is 9.59 Å². The molecule has 254 valence electrons. The molecule has 0 radical (unpaired) electrons. The number of hydrogen-bond donors (Lipinski definition) is 0. The van der Waals surface area contributed by atoms with Gasteiger partial charge in [0.25, 0.3) is 0 Å². The van der Waals surface area contributed by atoms with Gasteiger partial charge in [0.2, 0.25) is 5.69 Å². The number of allylic oxidation sites excluding steroid dienone is 4. The van der Waals surface area contributed by atoms with E-state index in [4.69, 9.17) is 9.47 Å². The van der Waals surface area contributed by atoms with E-state index in [1.807, 2.05) is 0 Å². The average Bonchev–Trinajstić information content (AvgIpc) is 3.47. The molecule has 49 heavy (non-hydrogen) atoms. The molecule has 1 atom stereocenters. The normalized spacial score (nSPS) is 17.6. The third kappa shape index (κ3) is 5.96. The highest BCUT2D eigenvalue weighted by Gasteiger charge is 2.47. The first-order chi connectivity index (χ1) is 23.6. The SMILES string of the molecule is CCCC(C(=O)OC)N1/C(=C\C=C\C2=[N+](CCCCC(=O)OC)c3ccc4ccccc4c3C2(C)C)C(C)(C)c2c1ccc1ccccc21. The lowest BCUT2D eigenvalue weighted by atomic mass is 9.79. The molecule has 1 unspecified atom stereocenters. The molecule has 0 fully saturated rings. The first kappa shape index (κ1) is 34.2. The van der Waals surface area contributed by atoms with Gasteiger partial charge in [0.05, 0.1) is 19.6 Å². The Morgan fingerprint density at radius 1 is 0.816 bits per heavy atom. The van der Waals surface area contributed by atoms with Crippen molar-refractivity contribution in [2.75, 3.05) is 25.7 Å². The zero-order valence-electron chi connectivity index (χ0n) is 30.0. The van der Waals surface area contributed by atoms with Crippen LogP contribution in [0.3, 0.4) is 0 Å². The molecule has 0 aromatic heterocycles. The maximum Gasteiger partial charge on any atom is 0.328 e. The number of ether oxygens (including phenoxy) is 2. The summed E-state index contributed by atoms with van der Waals surface area (Å²) in [6.07, 6.45) is 10.2. The van der Waals surface area contributed by atoms with Gasteiger partial charge in [0.15, 0.2) is 5.71 Å². The second kappa shape index (κ2) is 13.7. The van der Waals surface area contributed by atoms with Gasteiger partial charge in [0, 0.05) is 47.3 Å². The number of hydrogen-bond acceptors (Lipinski definition) is 5. The van der Waals surface area contributed by atoms with E-state index in [1.165, 1.54) is 58.3 Å². The van der Waals surface area contributed by atoms with Crippen molar-refractivity contribution in [3.05, 3.63) is 108 Å². The largest absolute Gasteiger partial charge is 0.469 e. The molecular weight excluding hydrogens is 608 g/mol. The number of carbonyl (C=O) groups excluding carboxylic acids is 2. The third-order valence-electron chi connectivity index (χ3n) is 10.5. The van der Waals surface area contributed by atoms with Gasteiger partial charge >= 0.3 is 11.9 Å². The summed E-state index contributed by atoms with van der Waals surface area (Å²) in [4.78, 5) is 27.5. The van der Waals surface area contributed by atoms with E-state index in [1.54, 1.807) is 0 Å². The summed E-state index contributed by atoms with van der Waals surface area (Å²) >= 11 is 0. The smallest absolute Gasteiger partial charge is 0.328 e. The van der Waals surface area contributed by atoms with Crippen molar-refractivity contribution in [1.82, 2.24) is 0 Å². The van der Waals surface area contributed by atoms with Crippen LogP contribution in [-0.4, -0.2) is 49.0 Å². The molecular formula is C43H49N2O4+. The molecule has 2 aliphatic rings. The summed E-state index contributed by atoms with van der Waals surface area (Å²) < 4.78 is 12.7. The van der Waals surface area contributed by atoms with Crippen molar-refractivity contribution in [2.24, 2.45) is 0 Å². The number of benzene rings is 4. The monoisotopic (exact) mass is 657 g/mol. The maximum atomic E-state index is 13.4. The van der Waals surface area contributed by atoms with Crippen LogP contribution in [0.4, 0.5) is 11.4 Å². The van der Waals surface area contributed by atoms with Crippen molar-refractivity contribution in [1.29, 1.82) is 0 Å². The molecule has 4 aromatic rings. The third-order valence-corrected chi connectivity index (χ3v) is 10.5. The molecule has 0 saturated heterocycles. The second-order valence-corrected chi connectivity index (χ2v) is 14.3. The van der Waals surface area contributed by atoms with Gasteiger partial charge in [-0.05, 0) is 72.0 Å². The summed E-state index contributed by atoms with van der Waals surface area (Å²) in [6, 6.07) is 25.5. The number of methoxy groups -OCH3 is 2. The number of unbranched alkanes of at least 4 members (excludes halogenated alkanes) is 1. The van der Waals surface area contributed by atoms with Crippen LogP contribution in [0.25, 0.3) is 21.5 Å². The van der Waals surface area contributed by atoms with Crippen LogP contribution in [0.15, 0.2) is 96.7 Å². The average molecular weight is 658 g/mol. The number of fused-ring (bicyclic) bond motifs is 6. The van der Waals surface area contributed by atoms with Crippen LogP contribution < -0.4 is 4.90 Å². The Hall–Kier alpha value is -4.71. The fourth-order valence-corrected chi connectivity index (χ4v) is 8.21. The quantitative estimate of drug-likeness (QED) is 0.0914. The Balaban J connectivity index is 1.47. The van der Waals surface area contributed by atoms with Crippen LogP contribution in [0, 0.1) is 0 Å². The predicted octanol–water partition coefficient (Wildman–Crippen LogP) is 9.29. The lowest BCUT2D eigenvalue weighted by Gasteiger charge is -2.32. The van der Waals surface area contributed by atoms with Crippen LogP contribution in [-0.2, 0) is 29.9 Å². The van der Waals surface area contributed by atoms with Crippen LogP contribution in [0.5, 0.6) is 0 Å². The first-order valence-electron chi connectivity index (χ1n) is 17.6. The van der Waals surface area contributed by atoms with Gasteiger partial charge in [-0.15, -0.1) is 0 Å². The van der Waals surface area contributed by atoms with E-state index < -0.39 is 6.04 Å². The van der Waals surface area contributed by atoms with Crippen molar-refractivity contribution in [2.45, 2.75) is 83.6 Å². The van der Waals surface area contributed by atoms with Crippen molar-refractivity contribution in [3.8, 4) is 0 Å². The molecule has 4 aromatic carbocycles. The van der Waals surface area contributed by atoms with Gasteiger partial charge in [-0.3, -0.25) is 4.79 Å². The summed E-state index contributed by atoms with van der Waals surface area (Å²) in [5, 5.41) is 4.88. The number of rotatable bonds is 11. The molecule has 0 N–H and O–H groups in total. The molecule has 2 aliphatic heterocycles. The number of esters is 2. The fourth-order valence-electron chi connectivity index (χ4n) is 8.21. The minimum atomic E-state index is -0.436. The van der Waals surface area contributed by atoms with Crippen LogP contribution >= 0.6 is 0 Å². The highest BCUT2D eigenvalue weighted by Crippen LogP contribution is 2.52. The van der Waals surface area contributed by atoms with Crippen molar-refractivity contribution >= 4 is 50.6 Å². The van der Waals surface area contributed by atoms with Crippen molar-refractivity contribution in [3.63, 3.8) is 0 Å². The number of anilines is 1. The molecule has 0 amide bonds. The van der Waals surface area contributed by atoms with Crippen LogP contribution in [0.2, 0.25) is 0 Å². The van der Waals surface area contributed by atoms with E-state index >= 15 is 0 Å². The fraction of sp³-hybridized carbons (Fsp3) is 0.372. The summed E-state index contributed by atoms with van der Waals surface area (Å²) in [5.41, 5.74) is 6.46. The summed E-state index contributed by atoms with van der Waals surface area (Å²) in [6.45, 7) is 12.0. The van der Waals surface area contributed by atoms with E-state index in [0.717, 1.165) is 37.2 Å². The molecule has 6 nitrogen and oxygen atoms in total. The van der Waals surface area contributed by atoms with Gasteiger partial charge < -0.3 is 14.4 Å². The van der Waals surface area contributed by atoms with Gasteiger partial charge in [0.1, 0.15) is 12.6 Å². The molecule has 0 spiro atoms. The molecule has 6 rings (SSSR count). The first-order valence-corrected chi connectivity index (χ1v) is 17.6. The van der Waals surface area contributed by atoms with E-state index in [2.05, 4.69) is 135 Å². The lowest BCUT2D eigenvalue weighted by Crippen LogP contribution is -2.41. The minimum Gasteiger partial charge on any atom is -0.469 e. The Morgan fingerprint density at radius 3 is 2.12 bits per heavy atom. The predicted molar refractivity (Wildman–Crippen MR) is 200 cm³/mol. The highest BCUT2D eigenvalue weighted by atomic mass is 16.5. The zero-order chi connectivity index (χ0) is 34.9. The van der Waals surface area contributed by atoms with Gasteiger partial charge in [-0.25, -0.2) is 4.79 Å². The van der Waals surface area contributed by atoms with E-state index in [0.29, 0.717) is 12.8 Å². The Morgan fingerprint density at radius 2 is 1.47 bits per heavy atom. The summed E-state index contributed by atoms with van der Waals surface area (Å²) in [5.74, 6) is -0.394. The Bertz CT molecular complexity index is 2020. The minimum absolute atomic E-state index is 0.172. The number of nitrogens with zero attached hydrogens (tertiary/aromatic N) is 2. The molecule has 0 saturated carbocycles. The maximum absolute atomic E-state index is 13.4. The topological polar surface area (TPSA) is 58.8 Å². The van der Waals surface area contributed by atoms with Gasteiger partial charge in [-0.2, -0.15) is 4.58 Å². The van der Waals surface area contributed by atoms with E-state index in [-0.39, 0.29) is 22.8 Å². The van der Waals surface area contributed by atoms with Gasteiger partial charge in [-0.1, -0.05) is 87.9 Å². The lowest BCUT2D eigenvalue weighted by molar-refractivity contribution is -0.438. The Kier molecular flexibility index (Phi) is 9.52. The highest BCUT2D eigenvalue weighted by molar-refractivity contribution is 6.08.